The van der Waals surface area contributed by atoms with Crippen molar-refractivity contribution in [3.63, 3.8) is 0 Å². The predicted octanol–water partition coefficient (Wildman–Crippen LogP) is 6.16. The second kappa shape index (κ2) is 13.6. The van der Waals surface area contributed by atoms with Gasteiger partial charge in [-0.3, -0.25) is 0 Å². The van der Waals surface area contributed by atoms with Gasteiger partial charge in [0.2, 0.25) is 0 Å². The summed E-state index contributed by atoms with van der Waals surface area (Å²) in [6, 6.07) is 0. The van der Waals surface area contributed by atoms with Crippen LogP contribution in [0, 0.1) is 35.0 Å². The number of hydrogen-bond donors (Lipinski definition) is 1. The Bertz CT molecular complexity index is 794. The second-order valence-electron chi connectivity index (χ2n) is 11.8. The number of fused-ring (bicyclic) bond motifs is 1. The summed E-state index contributed by atoms with van der Waals surface area (Å²) in [5.41, 5.74) is 1.27. The Hall–Kier alpha value is -1.16. The average Bonchev–Trinajstić information content (AvgIpc) is 3.40. The van der Waals surface area contributed by atoms with Gasteiger partial charge in [0.1, 0.15) is 0 Å². The van der Waals surface area contributed by atoms with Crippen LogP contribution in [0.3, 0.4) is 0 Å². The van der Waals surface area contributed by atoms with E-state index in [0.717, 1.165) is 77.4 Å². The molecule has 202 valence electrons. The highest BCUT2D eigenvalue weighted by Crippen LogP contribution is 2.52. The Labute approximate surface area is 219 Å². The van der Waals surface area contributed by atoms with Gasteiger partial charge in [-0.2, -0.15) is 0 Å². The molecule has 2 unspecified atom stereocenters. The average molecular weight is 501 g/mol. The van der Waals surface area contributed by atoms with Crippen LogP contribution in [0.2, 0.25) is 0 Å². The summed E-state index contributed by atoms with van der Waals surface area (Å²) in [4.78, 5) is 0. The molecule has 0 amide bonds. The van der Waals surface area contributed by atoms with E-state index in [1.54, 1.807) is 0 Å². The second-order valence-corrected chi connectivity index (χ2v) is 11.8. The van der Waals surface area contributed by atoms with Crippen LogP contribution in [-0.4, -0.2) is 49.7 Å². The molecule has 0 aromatic rings. The maximum Gasteiger partial charge on any atom is 0.158 e. The number of allylic oxidation sites excluding steroid dienone is 1. The van der Waals surface area contributed by atoms with Gasteiger partial charge >= 0.3 is 0 Å². The fraction of sp³-hybridized carbons (Fsp3) is 0.806. The lowest BCUT2D eigenvalue weighted by atomic mass is 9.81. The molecule has 2 saturated carbocycles. The predicted molar refractivity (Wildman–Crippen MR) is 142 cm³/mol. The van der Waals surface area contributed by atoms with E-state index in [-0.39, 0.29) is 36.8 Å². The third kappa shape index (κ3) is 7.45. The maximum atomic E-state index is 9.46. The zero-order valence-electron chi connectivity index (χ0n) is 22.8. The molecule has 2 heterocycles. The molecule has 0 spiro atoms. The summed E-state index contributed by atoms with van der Waals surface area (Å²) in [6.45, 7) is 8.33. The molecule has 1 N–H and O–H groups in total. The van der Waals surface area contributed by atoms with E-state index in [1.807, 2.05) is 6.08 Å². The molecule has 2 aliphatic carbocycles. The molecule has 36 heavy (non-hydrogen) atoms. The molecule has 0 aromatic heterocycles. The lowest BCUT2D eigenvalue weighted by Gasteiger charge is -2.35. The summed E-state index contributed by atoms with van der Waals surface area (Å²) in [5, 5.41) is 9.46. The number of aliphatic hydroxyl groups is 1. The highest BCUT2D eigenvalue weighted by molar-refractivity contribution is 5.19. The van der Waals surface area contributed by atoms with Crippen molar-refractivity contribution in [3.8, 4) is 11.8 Å². The van der Waals surface area contributed by atoms with Crippen molar-refractivity contribution in [2.24, 2.45) is 23.2 Å². The minimum atomic E-state index is -0.142. The normalized spacial score (nSPS) is 35.1. The van der Waals surface area contributed by atoms with Crippen molar-refractivity contribution in [2.75, 3.05) is 19.8 Å². The van der Waals surface area contributed by atoms with Crippen LogP contribution in [0.15, 0.2) is 23.8 Å². The quantitative estimate of drug-likeness (QED) is 0.303. The number of hydrogen-bond acceptors (Lipinski definition) is 5. The van der Waals surface area contributed by atoms with Gasteiger partial charge < -0.3 is 24.1 Å². The first-order valence-electron chi connectivity index (χ1n) is 14.5. The lowest BCUT2D eigenvalue weighted by molar-refractivity contribution is -0.197. The zero-order chi connectivity index (χ0) is 25.4. The summed E-state index contributed by atoms with van der Waals surface area (Å²) < 4.78 is 25.2. The molecule has 4 fully saturated rings. The van der Waals surface area contributed by atoms with E-state index >= 15 is 0 Å². The highest BCUT2D eigenvalue weighted by Gasteiger charge is 2.47. The third-order valence-corrected chi connectivity index (χ3v) is 8.49. The Kier molecular flexibility index (Phi) is 10.5. The molecule has 5 heteroatoms. The van der Waals surface area contributed by atoms with E-state index in [2.05, 4.69) is 44.8 Å². The Morgan fingerprint density at radius 3 is 2.47 bits per heavy atom. The molecule has 0 bridgehead atoms. The van der Waals surface area contributed by atoms with Crippen LogP contribution >= 0.6 is 0 Å². The van der Waals surface area contributed by atoms with E-state index in [1.165, 1.54) is 12.0 Å². The van der Waals surface area contributed by atoms with Gasteiger partial charge in [0, 0.05) is 37.4 Å². The minimum absolute atomic E-state index is 0.0747. The zero-order valence-corrected chi connectivity index (χ0v) is 22.8. The molecule has 7 atom stereocenters. The van der Waals surface area contributed by atoms with Gasteiger partial charge in [-0.05, 0) is 69.6 Å². The fourth-order valence-electron chi connectivity index (χ4n) is 6.42. The number of rotatable bonds is 9. The first-order valence-corrected chi connectivity index (χ1v) is 14.5. The summed E-state index contributed by atoms with van der Waals surface area (Å²) in [5.74, 6) is 8.07. The molecular formula is C31H48O5. The van der Waals surface area contributed by atoms with Crippen molar-refractivity contribution >= 4 is 0 Å². The van der Waals surface area contributed by atoms with Gasteiger partial charge in [-0.25, -0.2) is 0 Å². The molecule has 2 aliphatic heterocycles. The van der Waals surface area contributed by atoms with Crippen LogP contribution in [0.5, 0.6) is 0 Å². The minimum Gasteiger partial charge on any atom is -0.392 e. The SMILES string of the molecule is CCC#CCC(C)(C)[C@@H](C=C[C@@H]1[C@H]2CC(=CCO)C[C@H]2C[C@H]1OC1CCCCO1)OC1CCCCO1. The van der Waals surface area contributed by atoms with Crippen molar-refractivity contribution in [3.05, 3.63) is 23.8 Å². The molecule has 0 radical (unpaired) electrons. The molecular weight excluding hydrogens is 452 g/mol. The Morgan fingerprint density at radius 1 is 1.06 bits per heavy atom. The Balaban J connectivity index is 1.53. The van der Waals surface area contributed by atoms with E-state index < -0.39 is 0 Å². The highest BCUT2D eigenvalue weighted by atomic mass is 16.7. The molecule has 4 aliphatic rings. The molecule has 4 rings (SSSR count). The van der Waals surface area contributed by atoms with Gasteiger partial charge in [0.15, 0.2) is 12.6 Å². The van der Waals surface area contributed by atoms with Gasteiger partial charge in [0.25, 0.3) is 0 Å². The fourth-order valence-corrected chi connectivity index (χ4v) is 6.42. The largest absolute Gasteiger partial charge is 0.392 e. The summed E-state index contributed by atoms with van der Waals surface area (Å²) in [7, 11) is 0. The smallest absolute Gasteiger partial charge is 0.158 e. The van der Waals surface area contributed by atoms with Gasteiger partial charge in [-0.1, -0.05) is 44.6 Å². The van der Waals surface area contributed by atoms with E-state index in [4.69, 9.17) is 18.9 Å². The first-order chi connectivity index (χ1) is 17.5. The van der Waals surface area contributed by atoms with E-state index in [9.17, 15) is 5.11 Å². The summed E-state index contributed by atoms with van der Waals surface area (Å²) in [6.07, 6.45) is 18.0. The van der Waals surface area contributed by atoms with Crippen molar-refractivity contribution < 1.29 is 24.1 Å². The van der Waals surface area contributed by atoms with Crippen LogP contribution in [0.1, 0.15) is 91.4 Å². The lowest BCUT2D eigenvalue weighted by Crippen LogP contribution is -2.36. The maximum absolute atomic E-state index is 9.46. The van der Waals surface area contributed by atoms with Crippen LogP contribution in [-0.2, 0) is 18.9 Å². The number of ether oxygens (including phenoxy) is 4. The van der Waals surface area contributed by atoms with Crippen molar-refractivity contribution in [2.45, 2.75) is 116 Å². The molecule has 5 nitrogen and oxygen atoms in total. The van der Waals surface area contributed by atoms with E-state index in [0.29, 0.717) is 17.8 Å². The molecule has 2 saturated heterocycles. The van der Waals surface area contributed by atoms with Gasteiger partial charge in [0.05, 0.1) is 18.8 Å². The van der Waals surface area contributed by atoms with Crippen molar-refractivity contribution in [1.82, 2.24) is 0 Å². The summed E-state index contributed by atoms with van der Waals surface area (Å²) >= 11 is 0. The Morgan fingerprint density at radius 2 is 1.81 bits per heavy atom. The van der Waals surface area contributed by atoms with Gasteiger partial charge in [-0.15, -0.1) is 11.8 Å². The molecule has 0 aromatic carbocycles. The monoisotopic (exact) mass is 500 g/mol. The third-order valence-electron chi connectivity index (χ3n) is 8.49. The van der Waals surface area contributed by atoms with Crippen LogP contribution < -0.4 is 0 Å². The topological polar surface area (TPSA) is 57.2 Å². The standard InChI is InChI=1S/C31H48O5/c1-4-5-8-16-31(2,3)28(36-30-12-7-10-19-34-30)14-13-25-26-21-23(15-17-32)20-24(26)22-27(25)35-29-11-6-9-18-33-29/h13-15,24-30,32H,4,6-7,9-12,16-22H2,1-3H3/t24-,25+,26-,27+,28+,29?,30?/m0/s1. The first kappa shape index (κ1) is 27.9. The van der Waals surface area contributed by atoms with Crippen LogP contribution in [0.25, 0.3) is 0 Å². The number of aliphatic hydroxyl groups excluding tert-OH is 1. The van der Waals surface area contributed by atoms with Crippen LogP contribution in [0.4, 0.5) is 0 Å². The van der Waals surface area contributed by atoms with Crippen molar-refractivity contribution in [1.29, 1.82) is 0 Å².